The lowest BCUT2D eigenvalue weighted by atomic mass is 10.1. The monoisotopic (exact) mass is 307 g/mol. The van der Waals surface area contributed by atoms with Crippen molar-refractivity contribution in [2.24, 2.45) is 0 Å². The number of para-hydroxylation sites is 1. The van der Waals surface area contributed by atoms with Crippen LogP contribution in [0.3, 0.4) is 0 Å². The zero-order valence-corrected chi connectivity index (χ0v) is 12.8. The number of aryl methyl sites for hydroxylation is 1. The first kappa shape index (κ1) is 16.3. The van der Waals surface area contributed by atoms with Gasteiger partial charge in [-0.3, -0.25) is 4.79 Å². The molecule has 1 N–H and O–H groups in total. The summed E-state index contributed by atoms with van der Waals surface area (Å²) >= 11 is 0. The second kappa shape index (κ2) is 7.26. The third kappa shape index (κ3) is 3.57. The minimum atomic E-state index is -0.981. The summed E-state index contributed by atoms with van der Waals surface area (Å²) in [5, 5.41) is 9.24. The van der Waals surface area contributed by atoms with Gasteiger partial charge in [-0.2, -0.15) is 0 Å². The lowest BCUT2D eigenvalue weighted by Gasteiger charge is -2.21. The molecule has 1 aliphatic heterocycles. The fourth-order valence-corrected chi connectivity index (χ4v) is 2.77. The molecular formula is C16H21NO5. The van der Waals surface area contributed by atoms with Crippen LogP contribution in [-0.4, -0.2) is 54.8 Å². The lowest BCUT2D eigenvalue weighted by Crippen LogP contribution is -2.40. The number of carbonyl (C=O) groups is 2. The van der Waals surface area contributed by atoms with Crippen molar-refractivity contribution in [3.63, 3.8) is 0 Å². The molecule has 1 saturated heterocycles. The Morgan fingerprint density at radius 1 is 1.32 bits per heavy atom. The van der Waals surface area contributed by atoms with Crippen molar-refractivity contribution in [3.8, 4) is 5.75 Å². The normalized spacial score (nSPS) is 20.9. The first-order valence-electron chi connectivity index (χ1n) is 7.23. The van der Waals surface area contributed by atoms with Crippen LogP contribution in [0.25, 0.3) is 0 Å². The standard InChI is InChI=1S/C16H21NO5/c1-21-12-9-13(16(19)20)17(10-12)15(18)8-7-11-5-3-4-6-14(11)22-2/h3-6,12-13H,7-10H2,1-2H3,(H,19,20). The molecule has 1 aromatic carbocycles. The third-order valence-electron chi connectivity index (χ3n) is 4.00. The Bertz CT molecular complexity index is 545. The van der Waals surface area contributed by atoms with Gasteiger partial charge in [-0.15, -0.1) is 0 Å². The quantitative estimate of drug-likeness (QED) is 0.858. The minimum Gasteiger partial charge on any atom is -0.496 e. The average Bonchev–Trinajstić information content (AvgIpc) is 2.97. The highest BCUT2D eigenvalue weighted by Gasteiger charge is 2.39. The Hall–Kier alpha value is -2.08. The molecular weight excluding hydrogens is 286 g/mol. The van der Waals surface area contributed by atoms with E-state index in [4.69, 9.17) is 9.47 Å². The van der Waals surface area contributed by atoms with Crippen LogP contribution in [-0.2, 0) is 20.7 Å². The number of amides is 1. The number of ether oxygens (including phenoxy) is 2. The molecule has 1 aliphatic rings. The number of carbonyl (C=O) groups excluding carboxylic acids is 1. The maximum atomic E-state index is 12.4. The zero-order valence-electron chi connectivity index (χ0n) is 12.8. The zero-order chi connectivity index (χ0) is 16.1. The molecule has 0 aromatic heterocycles. The van der Waals surface area contributed by atoms with E-state index in [-0.39, 0.29) is 18.4 Å². The van der Waals surface area contributed by atoms with E-state index >= 15 is 0 Å². The second-order valence-corrected chi connectivity index (χ2v) is 5.31. The van der Waals surface area contributed by atoms with Gasteiger partial charge < -0.3 is 19.5 Å². The minimum absolute atomic E-state index is 0.169. The predicted molar refractivity (Wildman–Crippen MR) is 79.9 cm³/mol. The van der Waals surface area contributed by atoms with Gasteiger partial charge in [0, 0.05) is 26.5 Å². The number of hydrogen-bond donors (Lipinski definition) is 1. The fraction of sp³-hybridized carbons (Fsp3) is 0.500. The summed E-state index contributed by atoms with van der Waals surface area (Å²) in [7, 11) is 3.12. The molecule has 0 bridgehead atoms. The Morgan fingerprint density at radius 2 is 2.05 bits per heavy atom. The highest BCUT2D eigenvalue weighted by molar-refractivity contribution is 5.84. The van der Waals surface area contributed by atoms with E-state index in [9.17, 15) is 14.7 Å². The van der Waals surface area contributed by atoms with Gasteiger partial charge in [0.2, 0.25) is 5.91 Å². The SMILES string of the molecule is COc1ccccc1CCC(=O)N1CC(OC)CC1C(=O)O. The molecule has 1 amide bonds. The van der Waals surface area contributed by atoms with Crippen molar-refractivity contribution in [1.29, 1.82) is 0 Å². The molecule has 0 aliphatic carbocycles. The number of carboxylic acid groups (broad SMARTS) is 1. The van der Waals surface area contributed by atoms with E-state index in [0.29, 0.717) is 19.4 Å². The number of nitrogens with zero attached hydrogens (tertiary/aromatic N) is 1. The first-order valence-corrected chi connectivity index (χ1v) is 7.23. The number of aliphatic carboxylic acids is 1. The molecule has 1 heterocycles. The Morgan fingerprint density at radius 3 is 2.68 bits per heavy atom. The largest absolute Gasteiger partial charge is 0.496 e. The maximum Gasteiger partial charge on any atom is 0.326 e. The number of rotatable bonds is 6. The van der Waals surface area contributed by atoms with Crippen molar-refractivity contribution in [2.45, 2.75) is 31.4 Å². The van der Waals surface area contributed by atoms with Crippen LogP contribution in [0.15, 0.2) is 24.3 Å². The fourth-order valence-electron chi connectivity index (χ4n) is 2.77. The van der Waals surface area contributed by atoms with Crippen LogP contribution in [0.1, 0.15) is 18.4 Å². The Balaban J connectivity index is 2.00. The van der Waals surface area contributed by atoms with Crippen LogP contribution >= 0.6 is 0 Å². The molecule has 2 unspecified atom stereocenters. The molecule has 1 aromatic rings. The Kier molecular flexibility index (Phi) is 5.38. The summed E-state index contributed by atoms with van der Waals surface area (Å²) in [5.74, 6) is -0.413. The van der Waals surface area contributed by atoms with Gasteiger partial charge >= 0.3 is 5.97 Å². The van der Waals surface area contributed by atoms with Gasteiger partial charge in [0.05, 0.1) is 13.2 Å². The van der Waals surface area contributed by atoms with Gasteiger partial charge in [0.25, 0.3) is 0 Å². The average molecular weight is 307 g/mol. The highest BCUT2D eigenvalue weighted by Crippen LogP contribution is 2.23. The predicted octanol–water partition coefficient (Wildman–Crippen LogP) is 1.33. The molecule has 1 fully saturated rings. The summed E-state index contributed by atoms with van der Waals surface area (Å²) in [5.41, 5.74) is 0.938. The second-order valence-electron chi connectivity index (χ2n) is 5.31. The molecule has 2 rings (SSSR count). The van der Waals surface area contributed by atoms with Gasteiger partial charge in [-0.25, -0.2) is 4.79 Å². The van der Waals surface area contributed by atoms with Crippen LogP contribution in [0, 0.1) is 0 Å². The van der Waals surface area contributed by atoms with Crippen molar-refractivity contribution < 1.29 is 24.2 Å². The highest BCUT2D eigenvalue weighted by atomic mass is 16.5. The van der Waals surface area contributed by atoms with E-state index in [0.717, 1.165) is 11.3 Å². The topological polar surface area (TPSA) is 76.1 Å². The number of likely N-dealkylation sites (tertiary alicyclic amines) is 1. The van der Waals surface area contributed by atoms with Crippen LogP contribution < -0.4 is 4.74 Å². The van der Waals surface area contributed by atoms with E-state index in [1.807, 2.05) is 24.3 Å². The van der Waals surface area contributed by atoms with E-state index < -0.39 is 12.0 Å². The van der Waals surface area contributed by atoms with Crippen molar-refractivity contribution >= 4 is 11.9 Å². The van der Waals surface area contributed by atoms with E-state index in [1.54, 1.807) is 7.11 Å². The molecule has 6 heteroatoms. The van der Waals surface area contributed by atoms with Crippen LogP contribution in [0.5, 0.6) is 5.75 Å². The summed E-state index contributed by atoms with van der Waals surface area (Å²) in [4.78, 5) is 25.1. The van der Waals surface area contributed by atoms with E-state index in [2.05, 4.69) is 0 Å². The molecule has 0 radical (unpaired) electrons. The molecule has 22 heavy (non-hydrogen) atoms. The van der Waals surface area contributed by atoms with Gasteiger partial charge in [-0.1, -0.05) is 18.2 Å². The number of carboxylic acids is 1. The summed E-state index contributed by atoms with van der Waals surface area (Å²) < 4.78 is 10.5. The smallest absolute Gasteiger partial charge is 0.326 e. The number of hydrogen-bond acceptors (Lipinski definition) is 4. The van der Waals surface area contributed by atoms with E-state index in [1.165, 1.54) is 12.0 Å². The molecule has 6 nitrogen and oxygen atoms in total. The first-order chi connectivity index (χ1) is 10.6. The van der Waals surface area contributed by atoms with Crippen molar-refractivity contribution in [3.05, 3.63) is 29.8 Å². The van der Waals surface area contributed by atoms with Crippen LogP contribution in [0.2, 0.25) is 0 Å². The van der Waals surface area contributed by atoms with Gasteiger partial charge in [0.1, 0.15) is 11.8 Å². The molecule has 120 valence electrons. The third-order valence-corrected chi connectivity index (χ3v) is 4.00. The maximum absolute atomic E-state index is 12.4. The lowest BCUT2D eigenvalue weighted by molar-refractivity contribution is -0.148. The molecule has 0 saturated carbocycles. The summed E-state index contributed by atoms with van der Waals surface area (Å²) in [6.07, 6.45) is 0.896. The van der Waals surface area contributed by atoms with Crippen molar-refractivity contribution in [1.82, 2.24) is 4.90 Å². The summed E-state index contributed by atoms with van der Waals surface area (Å²) in [6.45, 7) is 0.332. The Labute approximate surface area is 129 Å². The number of benzene rings is 1. The summed E-state index contributed by atoms with van der Waals surface area (Å²) in [6, 6.07) is 6.71. The molecule has 0 spiro atoms. The number of methoxy groups -OCH3 is 2. The molecule has 2 atom stereocenters. The van der Waals surface area contributed by atoms with Crippen molar-refractivity contribution in [2.75, 3.05) is 20.8 Å². The van der Waals surface area contributed by atoms with Gasteiger partial charge in [-0.05, 0) is 18.1 Å². The van der Waals surface area contributed by atoms with Crippen LogP contribution in [0.4, 0.5) is 0 Å². The van der Waals surface area contributed by atoms with Gasteiger partial charge in [0.15, 0.2) is 0 Å².